The molecule has 1 spiro atoms. The molecule has 1 aromatic carbocycles. The number of anilines is 1. The van der Waals surface area contributed by atoms with Gasteiger partial charge >= 0.3 is 5.91 Å². The Hall–Kier alpha value is -3.56. The molecule has 0 bridgehead atoms. The number of likely N-dealkylation sites (tertiary alicyclic amines) is 1. The second-order valence-corrected chi connectivity index (χ2v) is 11.7. The summed E-state index contributed by atoms with van der Waals surface area (Å²) < 4.78 is 1.72. The molecule has 5 atom stereocenters. The minimum atomic E-state index is -0.637. The minimum Gasteiger partial charge on any atom is -0.354 e. The van der Waals surface area contributed by atoms with E-state index in [9.17, 15) is 9.59 Å². The van der Waals surface area contributed by atoms with Crippen LogP contribution in [0, 0.1) is 5.41 Å². The molecule has 3 aromatic rings. The maximum atomic E-state index is 14.5. The van der Waals surface area contributed by atoms with Gasteiger partial charge in [-0.1, -0.05) is 24.3 Å². The normalized spacial score (nSPS) is 31.9. The summed E-state index contributed by atoms with van der Waals surface area (Å²) in [6, 6.07) is 13.8. The van der Waals surface area contributed by atoms with E-state index >= 15 is 0 Å². The first-order valence-electron chi connectivity index (χ1n) is 13.5. The third-order valence-electron chi connectivity index (χ3n) is 9.72. The van der Waals surface area contributed by atoms with Gasteiger partial charge in [-0.05, 0) is 36.7 Å². The second kappa shape index (κ2) is 8.22. The zero-order valence-electron chi connectivity index (χ0n) is 22.2. The number of rotatable bonds is 4. The van der Waals surface area contributed by atoms with E-state index in [0.717, 1.165) is 50.5 Å². The number of quaternary nitrogens is 1. The predicted molar refractivity (Wildman–Crippen MR) is 145 cm³/mol. The van der Waals surface area contributed by atoms with Gasteiger partial charge in [0.15, 0.2) is 11.7 Å². The van der Waals surface area contributed by atoms with Crippen LogP contribution in [0.5, 0.6) is 0 Å². The predicted octanol–water partition coefficient (Wildman–Crippen LogP) is 1.94. The lowest BCUT2D eigenvalue weighted by molar-refractivity contribution is -0.136. The third-order valence-corrected chi connectivity index (χ3v) is 9.72. The molecule has 196 valence electrons. The van der Waals surface area contributed by atoms with E-state index in [1.54, 1.807) is 24.0 Å². The number of nitrogens with zero attached hydrogens (tertiary/aromatic N) is 6. The lowest BCUT2D eigenvalue weighted by Gasteiger charge is -2.43. The molecule has 9 heteroatoms. The molecule has 2 saturated heterocycles. The van der Waals surface area contributed by atoms with Gasteiger partial charge in [-0.25, -0.2) is 14.3 Å². The van der Waals surface area contributed by atoms with Crippen LogP contribution in [-0.2, 0) is 18.3 Å². The maximum absolute atomic E-state index is 14.5. The highest BCUT2D eigenvalue weighted by Crippen LogP contribution is 2.70. The summed E-state index contributed by atoms with van der Waals surface area (Å²) in [5.41, 5.74) is 3.79. The van der Waals surface area contributed by atoms with Gasteiger partial charge in [0.05, 0.1) is 13.2 Å². The van der Waals surface area contributed by atoms with Crippen LogP contribution in [0.3, 0.4) is 0 Å². The molecule has 4 aliphatic rings. The molecular weight excluding hydrogens is 478 g/mol. The lowest BCUT2D eigenvalue weighted by atomic mass is 9.78. The Kier molecular flexibility index (Phi) is 5.09. The van der Waals surface area contributed by atoms with Gasteiger partial charge < -0.3 is 15.1 Å². The number of amides is 2. The summed E-state index contributed by atoms with van der Waals surface area (Å²) >= 11 is 0. The average molecular weight is 513 g/mol. The van der Waals surface area contributed by atoms with Crippen LogP contribution in [0.25, 0.3) is 0 Å². The first kappa shape index (κ1) is 23.5. The molecule has 0 radical (unpaired) electrons. The van der Waals surface area contributed by atoms with Crippen molar-refractivity contribution in [3.63, 3.8) is 0 Å². The van der Waals surface area contributed by atoms with Crippen LogP contribution in [0.4, 0.5) is 11.5 Å². The Balaban J connectivity index is 1.26. The summed E-state index contributed by atoms with van der Waals surface area (Å²) in [7, 11) is 5.91. The number of aromatic nitrogens is 3. The number of benzene rings is 1. The van der Waals surface area contributed by atoms with Crippen molar-refractivity contribution >= 4 is 23.3 Å². The van der Waals surface area contributed by atoms with Gasteiger partial charge in [-0.15, -0.1) is 0 Å². The summed E-state index contributed by atoms with van der Waals surface area (Å²) in [5.74, 6) is 0.680. The van der Waals surface area contributed by atoms with Crippen molar-refractivity contribution in [3.05, 3.63) is 71.7 Å². The number of aryl methyl sites for hydroxylation is 1. The van der Waals surface area contributed by atoms with Crippen LogP contribution in [-0.4, -0.2) is 83.8 Å². The van der Waals surface area contributed by atoms with E-state index in [2.05, 4.69) is 57.6 Å². The van der Waals surface area contributed by atoms with Crippen LogP contribution < -0.4 is 14.7 Å². The lowest BCUT2D eigenvalue weighted by Crippen LogP contribution is -2.67. The second-order valence-electron chi connectivity index (χ2n) is 11.7. The number of pyridine rings is 1. The standard InChI is InChI=1S/C29H33N7O2/c1-33-12-14-35(15-13-33)24-9-8-20(18-30-24)36(3)23-17-29(23)16-19-6-4-5-7-21(19)25(29)26(28(36)38)32-27(37)22-10-11-31-34(22)2/h4-11,18,23,25-26H,12-17H2,1-3H3/p+1/t23?,25?,26-,29?,36?/m0/s1. The molecule has 3 fully saturated rings. The number of carbonyl (C=O) groups excluding carboxylic acids is 2. The number of carbonyl (C=O) groups is 2. The van der Waals surface area contributed by atoms with E-state index in [0.29, 0.717) is 5.69 Å². The number of piperazine rings is 1. The van der Waals surface area contributed by atoms with Crippen molar-refractivity contribution in [1.82, 2.24) is 29.5 Å². The molecular formula is C29H34N7O2+. The molecule has 2 aromatic heterocycles. The fraction of sp³-hybridized carbons (Fsp3) is 0.448. The van der Waals surface area contributed by atoms with Crippen molar-refractivity contribution in [2.75, 3.05) is 45.2 Å². The fourth-order valence-electron chi connectivity index (χ4n) is 7.53. The van der Waals surface area contributed by atoms with Crippen molar-refractivity contribution in [2.45, 2.75) is 30.8 Å². The van der Waals surface area contributed by atoms with Gasteiger partial charge in [0, 0.05) is 63.2 Å². The van der Waals surface area contributed by atoms with Crippen molar-refractivity contribution < 1.29 is 9.59 Å². The Morgan fingerprint density at radius 1 is 1.08 bits per heavy atom. The van der Waals surface area contributed by atoms with Crippen LogP contribution in [0.1, 0.15) is 34.0 Å². The molecule has 2 aliphatic carbocycles. The first-order valence-corrected chi connectivity index (χ1v) is 13.5. The summed E-state index contributed by atoms with van der Waals surface area (Å²) in [6.45, 7) is 3.92. The number of piperidine rings is 1. The van der Waals surface area contributed by atoms with E-state index in [-0.39, 0.29) is 33.7 Å². The number of likely N-dealkylation sites (N-methyl/N-ethyl adjacent to an activating group) is 2. The molecule has 1 N–H and O–H groups in total. The van der Waals surface area contributed by atoms with Crippen LogP contribution >= 0.6 is 0 Å². The Morgan fingerprint density at radius 2 is 1.87 bits per heavy atom. The smallest absolute Gasteiger partial charge is 0.341 e. The number of hydrogen-bond donors (Lipinski definition) is 1. The van der Waals surface area contributed by atoms with E-state index in [4.69, 9.17) is 4.98 Å². The van der Waals surface area contributed by atoms with Crippen molar-refractivity contribution in [1.29, 1.82) is 0 Å². The highest BCUT2D eigenvalue weighted by Gasteiger charge is 2.78. The van der Waals surface area contributed by atoms with Crippen LogP contribution in [0.15, 0.2) is 54.9 Å². The summed E-state index contributed by atoms with van der Waals surface area (Å²) in [4.78, 5) is 37.4. The van der Waals surface area contributed by atoms with E-state index in [1.165, 1.54) is 11.1 Å². The van der Waals surface area contributed by atoms with Crippen molar-refractivity contribution in [2.24, 2.45) is 12.5 Å². The van der Waals surface area contributed by atoms with Gasteiger partial charge in [0.25, 0.3) is 5.91 Å². The fourth-order valence-corrected chi connectivity index (χ4v) is 7.53. The van der Waals surface area contributed by atoms with Gasteiger partial charge in [-0.2, -0.15) is 5.10 Å². The number of fused-ring (bicyclic) bond motifs is 2. The molecule has 2 aliphatic heterocycles. The highest BCUT2D eigenvalue weighted by atomic mass is 16.2. The Bertz CT molecular complexity index is 1430. The summed E-state index contributed by atoms with van der Waals surface area (Å²) in [5, 5.41) is 7.32. The van der Waals surface area contributed by atoms with Gasteiger partial charge in [0.2, 0.25) is 0 Å². The molecule has 2 amide bonds. The topological polar surface area (TPSA) is 83.4 Å². The minimum absolute atomic E-state index is 0.0227. The average Bonchev–Trinajstić information content (AvgIpc) is 3.33. The first-order chi connectivity index (χ1) is 18.3. The molecule has 7 rings (SSSR count). The van der Waals surface area contributed by atoms with Gasteiger partial charge in [0.1, 0.15) is 17.6 Å². The molecule has 38 heavy (non-hydrogen) atoms. The van der Waals surface area contributed by atoms with Crippen molar-refractivity contribution in [3.8, 4) is 0 Å². The van der Waals surface area contributed by atoms with E-state index < -0.39 is 6.04 Å². The Labute approximate surface area is 222 Å². The molecule has 1 saturated carbocycles. The highest BCUT2D eigenvalue weighted by molar-refractivity contribution is 6.01. The zero-order chi connectivity index (χ0) is 26.2. The molecule has 9 nitrogen and oxygen atoms in total. The third kappa shape index (κ3) is 3.24. The molecule has 4 heterocycles. The largest absolute Gasteiger partial charge is 0.354 e. The van der Waals surface area contributed by atoms with E-state index in [1.807, 2.05) is 19.3 Å². The maximum Gasteiger partial charge on any atom is 0.341 e. The quantitative estimate of drug-likeness (QED) is 0.538. The van der Waals surface area contributed by atoms with Crippen LogP contribution in [0.2, 0.25) is 0 Å². The van der Waals surface area contributed by atoms with Gasteiger partial charge in [-0.3, -0.25) is 9.48 Å². The zero-order valence-corrected chi connectivity index (χ0v) is 22.2. The number of nitrogens with one attached hydrogen (secondary N) is 1. The monoisotopic (exact) mass is 512 g/mol. The summed E-state index contributed by atoms with van der Waals surface area (Å²) in [6.07, 6.45) is 5.38. The number of hydrogen-bond acceptors (Lipinski definition) is 6. The SMILES string of the molecule is CN1CCN(c2ccc([N+]3(C)C(=O)[C@@H](NC(=O)c4ccnn4C)C4c5ccccc5CC45CC53)cn2)CC1. The Morgan fingerprint density at radius 3 is 2.58 bits per heavy atom. The molecule has 4 unspecified atom stereocenters.